The zero-order valence-corrected chi connectivity index (χ0v) is 32.3. The standard InChI is InChI=1S/C46H74O2/c1-8-10-11-12-13-14-15-16-17-18-19-20-21-22-23-44(47)48-39-30-32-45(6)38(34-39)26-27-40-42-29-28-41(46(42,7)33-31-43(40)45)36(5)24-25-37(9-2)35(3)4/h8,24-26,35-37,39-43H,1,9-11,14-23,27-34H2,2-7H3. The first kappa shape index (κ1) is 39.0. The lowest BCUT2D eigenvalue weighted by molar-refractivity contribution is -0.151. The second-order valence-corrected chi connectivity index (χ2v) is 17.4. The zero-order chi connectivity index (χ0) is 34.6. The number of esters is 1. The molecule has 4 rings (SSSR count). The fourth-order valence-corrected chi connectivity index (χ4v) is 11.1. The molecule has 0 radical (unpaired) electrons. The summed E-state index contributed by atoms with van der Waals surface area (Å²) in [5.41, 5.74) is 2.42. The predicted molar refractivity (Wildman–Crippen MR) is 205 cm³/mol. The van der Waals surface area contributed by atoms with E-state index in [0.29, 0.717) is 29.1 Å². The molecule has 3 fully saturated rings. The molecule has 9 unspecified atom stereocenters. The molecule has 0 bridgehead atoms. The summed E-state index contributed by atoms with van der Waals surface area (Å²) in [5.74, 6) is 12.0. The average Bonchev–Trinajstić information content (AvgIpc) is 3.42. The summed E-state index contributed by atoms with van der Waals surface area (Å²) >= 11 is 0. The quantitative estimate of drug-likeness (QED) is 0.0634. The highest BCUT2D eigenvalue weighted by Crippen LogP contribution is 2.67. The first-order valence-electron chi connectivity index (χ1n) is 20.8. The van der Waals surface area contributed by atoms with Gasteiger partial charge in [-0.05, 0) is 123 Å². The average molecular weight is 659 g/mol. The molecule has 48 heavy (non-hydrogen) atoms. The van der Waals surface area contributed by atoms with Crippen molar-refractivity contribution in [2.45, 2.75) is 182 Å². The van der Waals surface area contributed by atoms with Crippen molar-refractivity contribution in [2.75, 3.05) is 0 Å². The molecule has 4 aliphatic rings. The molecule has 0 saturated heterocycles. The van der Waals surface area contributed by atoms with Gasteiger partial charge in [0.25, 0.3) is 0 Å². The Morgan fingerprint density at radius 1 is 0.917 bits per heavy atom. The van der Waals surface area contributed by atoms with Crippen molar-refractivity contribution in [3.8, 4) is 11.8 Å². The number of allylic oxidation sites excluding steroid dienone is 4. The summed E-state index contributed by atoms with van der Waals surface area (Å²) in [7, 11) is 0. The van der Waals surface area contributed by atoms with E-state index in [4.69, 9.17) is 4.74 Å². The zero-order valence-electron chi connectivity index (χ0n) is 32.3. The van der Waals surface area contributed by atoms with Crippen molar-refractivity contribution in [3.05, 3.63) is 36.5 Å². The number of ether oxygens (including phenoxy) is 1. The number of rotatable bonds is 18. The molecular formula is C46H74O2. The molecule has 0 heterocycles. The van der Waals surface area contributed by atoms with Gasteiger partial charge in [-0.15, -0.1) is 18.4 Å². The number of hydrogen-bond acceptors (Lipinski definition) is 2. The minimum atomic E-state index is 0.0411. The van der Waals surface area contributed by atoms with Gasteiger partial charge in [0.2, 0.25) is 0 Å². The Hall–Kier alpha value is -1.75. The fourth-order valence-electron chi connectivity index (χ4n) is 11.1. The van der Waals surface area contributed by atoms with Crippen LogP contribution < -0.4 is 0 Å². The maximum absolute atomic E-state index is 12.8. The Morgan fingerprint density at radius 2 is 1.62 bits per heavy atom. The van der Waals surface area contributed by atoms with Gasteiger partial charge < -0.3 is 4.74 Å². The molecule has 0 amide bonds. The third-order valence-electron chi connectivity index (χ3n) is 14.1. The molecule has 0 aromatic carbocycles. The Labute approximate surface area is 297 Å². The molecule has 2 nitrogen and oxygen atoms in total. The highest BCUT2D eigenvalue weighted by molar-refractivity contribution is 5.69. The van der Waals surface area contributed by atoms with Crippen LogP contribution in [-0.2, 0) is 9.53 Å². The summed E-state index contributed by atoms with van der Waals surface area (Å²) in [6.07, 6.45) is 34.5. The number of hydrogen-bond donors (Lipinski definition) is 0. The third kappa shape index (κ3) is 9.94. The normalized spacial score (nSPS) is 32.4. The first-order valence-corrected chi connectivity index (χ1v) is 20.8. The van der Waals surface area contributed by atoms with Crippen LogP contribution in [0, 0.1) is 64.1 Å². The SMILES string of the molecule is C=CCCC#CCCCCCCCCCCC(=O)OC1CCC2(C)C(=CCC3C2CCC2(C)C(C(C)C=CC(CC)C(C)C)CCC32)C1. The summed E-state index contributed by atoms with van der Waals surface area (Å²) in [6.45, 7) is 18.6. The minimum absolute atomic E-state index is 0.0411. The Kier molecular flexibility index (Phi) is 15.5. The molecule has 2 heteroatoms. The number of carbonyl (C=O) groups is 1. The van der Waals surface area contributed by atoms with E-state index in [1.807, 2.05) is 6.08 Å². The van der Waals surface area contributed by atoms with Gasteiger partial charge in [-0.2, -0.15) is 0 Å². The summed E-state index contributed by atoms with van der Waals surface area (Å²) < 4.78 is 6.12. The van der Waals surface area contributed by atoms with E-state index < -0.39 is 0 Å². The van der Waals surface area contributed by atoms with E-state index in [-0.39, 0.29) is 12.1 Å². The highest BCUT2D eigenvalue weighted by atomic mass is 16.5. The molecular weight excluding hydrogens is 585 g/mol. The van der Waals surface area contributed by atoms with Crippen LogP contribution in [0.1, 0.15) is 176 Å². The summed E-state index contributed by atoms with van der Waals surface area (Å²) in [6, 6.07) is 0. The van der Waals surface area contributed by atoms with Crippen molar-refractivity contribution < 1.29 is 9.53 Å². The molecule has 270 valence electrons. The van der Waals surface area contributed by atoms with Gasteiger partial charge in [0.05, 0.1) is 0 Å². The van der Waals surface area contributed by atoms with E-state index in [1.54, 1.807) is 5.57 Å². The van der Waals surface area contributed by atoms with E-state index in [0.717, 1.165) is 74.5 Å². The van der Waals surface area contributed by atoms with Crippen LogP contribution in [0.5, 0.6) is 0 Å². The topological polar surface area (TPSA) is 26.3 Å². The molecule has 0 aliphatic heterocycles. The predicted octanol–water partition coefficient (Wildman–Crippen LogP) is 13.2. The van der Waals surface area contributed by atoms with E-state index >= 15 is 0 Å². The molecule has 0 spiro atoms. The molecule has 3 saturated carbocycles. The van der Waals surface area contributed by atoms with Gasteiger partial charge in [0.15, 0.2) is 0 Å². The second-order valence-electron chi connectivity index (χ2n) is 17.4. The van der Waals surface area contributed by atoms with Crippen molar-refractivity contribution >= 4 is 5.97 Å². The summed E-state index contributed by atoms with van der Waals surface area (Å²) in [5, 5.41) is 0. The van der Waals surface area contributed by atoms with E-state index in [9.17, 15) is 4.79 Å². The maximum Gasteiger partial charge on any atom is 0.306 e. The minimum Gasteiger partial charge on any atom is -0.462 e. The third-order valence-corrected chi connectivity index (χ3v) is 14.1. The molecule has 0 N–H and O–H groups in total. The van der Waals surface area contributed by atoms with Gasteiger partial charge in [0, 0.05) is 25.7 Å². The van der Waals surface area contributed by atoms with Gasteiger partial charge >= 0.3 is 5.97 Å². The van der Waals surface area contributed by atoms with Gasteiger partial charge in [-0.3, -0.25) is 4.79 Å². The van der Waals surface area contributed by atoms with Gasteiger partial charge in [-0.1, -0.05) is 110 Å². The van der Waals surface area contributed by atoms with E-state index in [2.05, 4.69) is 78.2 Å². The lowest BCUT2D eigenvalue weighted by Gasteiger charge is -2.58. The second kappa shape index (κ2) is 19.0. The Balaban J connectivity index is 1.16. The largest absolute Gasteiger partial charge is 0.462 e. The number of unbranched alkanes of at least 4 members (excludes halogenated alkanes) is 9. The van der Waals surface area contributed by atoms with Crippen LogP contribution in [0.3, 0.4) is 0 Å². The lowest BCUT2D eigenvalue weighted by atomic mass is 9.47. The van der Waals surface area contributed by atoms with Crippen molar-refractivity contribution in [3.63, 3.8) is 0 Å². The van der Waals surface area contributed by atoms with Crippen molar-refractivity contribution in [2.24, 2.45) is 52.3 Å². The maximum atomic E-state index is 12.8. The van der Waals surface area contributed by atoms with Crippen LogP contribution in [0.4, 0.5) is 0 Å². The van der Waals surface area contributed by atoms with Crippen LogP contribution in [0.25, 0.3) is 0 Å². The Morgan fingerprint density at radius 3 is 2.33 bits per heavy atom. The van der Waals surface area contributed by atoms with Gasteiger partial charge in [0.1, 0.15) is 6.10 Å². The van der Waals surface area contributed by atoms with Crippen molar-refractivity contribution in [1.29, 1.82) is 0 Å². The van der Waals surface area contributed by atoms with Crippen LogP contribution in [0.2, 0.25) is 0 Å². The molecule has 0 aromatic rings. The fraction of sp³-hybridized carbons (Fsp3) is 0.804. The lowest BCUT2D eigenvalue weighted by Crippen LogP contribution is -2.51. The number of fused-ring (bicyclic) bond motifs is 5. The highest BCUT2D eigenvalue weighted by Gasteiger charge is 2.59. The summed E-state index contributed by atoms with van der Waals surface area (Å²) in [4.78, 5) is 12.8. The van der Waals surface area contributed by atoms with Crippen LogP contribution in [0.15, 0.2) is 36.5 Å². The smallest absolute Gasteiger partial charge is 0.306 e. The molecule has 0 aromatic heterocycles. The molecule has 4 aliphatic carbocycles. The first-order chi connectivity index (χ1) is 23.1. The Bertz CT molecular complexity index is 1130. The molecule has 9 atom stereocenters. The monoisotopic (exact) mass is 659 g/mol. The van der Waals surface area contributed by atoms with Crippen LogP contribution >= 0.6 is 0 Å². The van der Waals surface area contributed by atoms with Crippen molar-refractivity contribution in [1.82, 2.24) is 0 Å². The van der Waals surface area contributed by atoms with Gasteiger partial charge in [-0.25, -0.2) is 0 Å². The number of carbonyl (C=O) groups excluding carboxylic acids is 1. The van der Waals surface area contributed by atoms with Crippen LogP contribution in [-0.4, -0.2) is 12.1 Å². The van der Waals surface area contributed by atoms with E-state index in [1.165, 1.54) is 83.5 Å².